The Hall–Kier alpha value is -0.530. The second-order valence-electron chi connectivity index (χ2n) is 4.55. The summed E-state index contributed by atoms with van der Waals surface area (Å²) in [5.41, 5.74) is -6.79. The van der Waals surface area contributed by atoms with Crippen LogP contribution in [0.3, 0.4) is 0 Å². The third kappa shape index (κ3) is 2.11. The molecule has 0 rings (SSSR count). The Bertz CT molecular complexity index is 268. The van der Waals surface area contributed by atoms with Crippen molar-refractivity contribution in [2.45, 2.75) is 50.6 Å². The van der Waals surface area contributed by atoms with Gasteiger partial charge in [-0.1, -0.05) is 0 Å². The molecule has 0 spiro atoms. The number of rotatable bonds is 5. The van der Waals surface area contributed by atoms with Crippen molar-refractivity contribution in [1.29, 1.82) is 0 Å². The van der Waals surface area contributed by atoms with E-state index >= 15 is 0 Å². The van der Waals surface area contributed by atoms with E-state index in [4.69, 9.17) is 5.11 Å². The lowest BCUT2D eigenvalue weighted by molar-refractivity contribution is -0.251. The number of aliphatic hydroxyl groups is 5. The van der Waals surface area contributed by atoms with Crippen molar-refractivity contribution >= 4 is 5.78 Å². The molecule has 0 unspecified atom stereocenters. The summed E-state index contributed by atoms with van der Waals surface area (Å²) in [7, 11) is 0. The van der Waals surface area contributed by atoms with Crippen molar-refractivity contribution in [2.24, 2.45) is 0 Å². The van der Waals surface area contributed by atoms with E-state index in [0.717, 1.165) is 27.7 Å². The molecule has 0 saturated carbocycles. The lowest BCUT2D eigenvalue weighted by Gasteiger charge is -2.47. The largest absolute Gasteiger partial charge is 0.394 e. The zero-order valence-corrected chi connectivity index (χ0v) is 9.93. The van der Waals surface area contributed by atoms with E-state index in [1.54, 1.807) is 0 Å². The molecule has 5 N–H and O–H groups in total. The zero-order valence-electron chi connectivity index (χ0n) is 9.93. The van der Waals surface area contributed by atoms with Gasteiger partial charge in [0.05, 0.1) is 6.61 Å². The number of hydrogen-bond donors (Lipinski definition) is 5. The van der Waals surface area contributed by atoms with Crippen LogP contribution in [0.2, 0.25) is 0 Å². The van der Waals surface area contributed by atoms with Gasteiger partial charge in [0.15, 0.2) is 11.4 Å². The third-order valence-electron chi connectivity index (χ3n) is 3.44. The normalized spacial score (nSPS) is 25.1. The van der Waals surface area contributed by atoms with Gasteiger partial charge in [-0.15, -0.1) is 0 Å². The van der Waals surface area contributed by atoms with Crippen molar-refractivity contribution in [3.05, 3.63) is 0 Å². The molecule has 0 aromatic heterocycles. The molecule has 4 atom stereocenters. The molecule has 16 heavy (non-hydrogen) atoms. The predicted molar refractivity (Wildman–Crippen MR) is 55.6 cm³/mol. The SMILES string of the molecule is CC(=O)[C@@](C)(O)[C@@](C)(O)[C@](C)(O)[C@H](O)CO. The Morgan fingerprint density at radius 3 is 1.81 bits per heavy atom. The topological polar surface area (TPSA) is 118 Å². The van der Waals surface area contributed by atoms with Crippen LogP contribution in [0.4, 0.5) is 0 Å². The second-order valence-corrected chi connectivity index (χ2v) is 4.55. The standard InChI is InChI=1S/C10H20O6/c1-6(12)8(2,14)10(4,16)9(3,15)7(13)5-11/h7,11,13-16H,5H2,1-4H3/t7-,8-,9-,10-/m1/s1. The van der Waals surface area contributed by atoms with Crippen LogP contribution in [-0.2, 0) is 4.79 Å². The number of aliphatic hydroxyl groups excluding tert-OH is 2. The Kier molecular flexibility index (Phi) is 4.24. The Balaban J connectivity index is 5.42. The Morgan fingerprint density at radius 1 is 1.19 bits per heavy atom. The van der Waals surface area contributed by atoms with Crippen LogP contribution in [0.25, 0.3) is 0 Å². The molecule has 0 radical (unpaired) electrons. The second kappa shape index (κ2) is 4.38. The highest BCUT2D eigenvalue weighted by molar-refractivity contribution is 5.86. The summed E-state index contributed by atoms with van der Waals surface area (Å²) in [4.78, 5) is 11.2. The summed E-state index contributed by atoms with van der Waals surface area (Å²) >= 11 is 0. The van der Waals surface area contributed by atoms with Gasteiger partial charge in [0.1, 0.15) is 17.3 Å². The first-order valence-electron chi connectivity index (χ1n) is 4.90. The summed E-state index contributed by atoms with van der Waals surface area (Å²) in [5, 5.41) is 48.0. The predicted octanol–water partition coefficient (Wildman–Crippen LogP) is -1.82. The molecule has 0 fully saturated rings. The fraction of sp³-hybridized carbons (Fsp3) is 0.900. The van der Waals surface area contributed by atoms with E-state index in [9.17, 15) is 25.2 Å². The smallest absolute Gasteiger partial charge is 0.164 e. The fourth-order valence-corrected chi connectivity index (χ4v) is 1.34. The molecule has 0 saturated heterocycles. The van der Waals surface area contributed by atoms with Gasteiger partial charge in [0.25, 0.3) is 0 Å². The lowest BCUT2D eigenvalue weighted by atomic mass is 9.69. The van der Waals surface area contributed by atoms with E-state index in [2.05, 4.69) is 0 Å². The van der Waals surface area contributed by atoms with E-state index < -0.39 is 35.3 Å². The Morgan fingerprint density at radius 2 is 1.56 bits per heavy atom. The summed E-state index contributed by atoms with van der Waals surface area (Å²) in [6.45, 7) is 3.33. The number of carbonyl (C=O) groups excluding carboxylic acids is 1. The highest BCUT2D eigenvalue weighted by atomic mass is 16.4. The highest BCUT2D eigenvalue weighted by Gasteiger charge is 2.59. The van der Waals surface area contributed by atoms with Gasteiger partial charge in [0, 0.05) is 0 Å². The van der Waals surface area contributed by atoms with E-state index in [0.29, 0.717) is 0 Å². The van der Waals surface area contributed by atoms with Crippen LogP contribution in [0, 0.1) is 0 Å². The van der Waals surface area contributed by atoms with Crippen LogP contribution in [0.5, 0.6) is 0 Å². The minimum Gasteiger partial charge on any atom is -0.394 e. The van der Waals surface area contributed by atoms with Crippen molar-refractivity contribution < 1.29 is 30.3 Å². The maximum absolute atomic E-state index is 11.2. The third-order valence-corrected chi connectivity index (χ3v) is 3.44. The summed E-state index contributed by atoms with van der Waals surface area (Å²) in [6, 6.07) is 0. The molecule has 0 aliphatic rings. The number of hydrogen-bond acceptors (Lipinski definition) is 6. The zero-order chi connectivity index (χ0) is 13.4. The summed E-state index contributed by atoms with van der Waals surface area (Å²) < 4.78 is 0. The van der Waals surface area contributed by atoms with Crippen LogP contribution in [-0.4, -0.2) is 60.8 Å². The summed E-state index contributed by atoms with van der Waals surface area (Å²) in [5.74, 6) is -0.761. The van der Waals surface area contributed by atoms with Gasteiger partial charge in [-0.2, -0.15) is 0 Å². The highest BCUT2D eigenvalue weighted by Crippen LogP contribution is 2.35. The average molecular weight is 236 g/mol. The van der Waals surface area contributed by atoms with Crippen molar-refractivity contribution in [3.8, 4) is 0 Å². The minimum absolute atomic E-state index is 0.761. The molecule has 0 aliphatic carbocycles. The molecule has 0 aromatic carbocycles. The van der Waals surface area contributed by atoms with Gasteiger partial charge in [-0.25, -0.2) is 0 Å². The molecule has 0 heterocycles. The monoisotopic (exact) mass is 236 g/mol. The number of ketones is 1. The number of carbonyl (C=O) groups is 1. The molecule has 6 heteroatoms. The van der Waals surface area contributed by atoms with Gasteiger partial charge in [-0.05, 0) is 27.7 Å². The van der Waals surface area contributed by atoms with Crippen LogP contribution in [0.15, 0.2) is 0 Å². The van der Waals surface area contributed by atoms with Gasteiger partial charge in [0.2, 0.25) is 0 Å². The molecular formula is C10H20O6. The first kappa shape index (κ1) is 15.5. The average Bonchev–Trinajstić information content (AvgIpc) is 2.15. The van der Waals surface area contributed by atoms with Gasteiger partial charge >= 0.3 is 0 Å². The van der Waals surface area contributed by atoms with Crippen molar-refractivity contribution in [2.75, 3.05) is 6.61 Å². The molecule has 6 nitrogen and oxygen atoms in total. The first-order valence-corrected chi connectivity index (χ1v) is 4.90. The van der Waals surface area contributed by atoms with Crippen LogP contribution in [0.1, 0.15) is 27.7 Å². The Labute approximate surface area is 94.2 Å². The van der Waals surface area contributed by atoms with Gasteiger partial charge < -0.3 is 25.5 Å². The molecule has 0 bridgehead atoms. The maximum Gasteiger partial charge on any atom is 0.164 e. The maximum atomic E-state index is 11.2. The minimum atomic E-state index is -2.31. The molecule has 0 aliphatic heterocycles. The number of Topliss-reactive ketones (excluding diaryl/α,β-unsaturated/α-hetero) is 1. The molecule has 0 aromatic rings. The van der Waals surface area contributed by atoms with E-state index in [1.165, 1.54) is 0 Å². The van der Waals surface area contributed by atoms with Crippen LogP contribution >= 0.6 is 0 Å². The van der Waals surface area contributed by atoms with Gasteiger partial charge in [-0.3, -0.25) is 4.79 Å². The molecular weight excluding hydrogens is 216 g/mol. The quantitative estimate of drug-likeness (QED) is 0.383. The lowest BCUT2D eigenvalue weighted by Crippen LogP contribution is -2.70. The van der Waals surface area contributed by atoms with E-state index in [-0.39, 0.29) is 0 Å². The molecule has 96 valence electrons. The van der Waals surface area contributed by atoms with Crippen LogP contribution < -0.4 is 0 Å². The fourth-order valence-electron chi connectivity index (χ4n) is 1.34. The first-order chi connectivity index (χ1) is 6.92. The summed E-state index contributed by atoms with van der Waals surface area (Å²) in [6.07, 6.45) is -1.69. The van der Waals surface area contributed by atoms with Crippen molar-refractivity contribution in [3.63, 3.8) is 0 Å². The molecule has 0 amide bonds. The van der Waals surface area contributed by atoms with Crippen molar-refractivity contribution in [1.82, 2.24) is 0 Å². The van der Waals surface area contributed by atoms with E-state index in [1.807, 2.05) is 0 Å².